The van der Waals surface area contributed by atoms with Gasteiger partial charge in [0, 0.05) is 18.2 Å². The zero-order valence-corrected chi connectivity index (χ0v) is 22.7. The number of amides is 1. The summed E-state index contributed by atoms with van der Waals surface area (Å²) in [6, 6.07) is 9.66. The number of hydrogen-bond acceptors (Lipinski definition) is 7. The molecular formula is C29H26F4N6O3. The molecule has 2 aliphatic rings. The number of ether oxygens (including phenoxy) is 1. The van der Waals surface area contributed by atoms with E-state index in [4.69, 9.17) is 9.26 Å². The molecule has 1 unspecified atom stereocenters. The predicted octanol–water partition coefficient (Wildman–Crippen LogP) is 6.16. The smallest absolute Gasteiger partial charge is 0.417 e. The lowest BCUT2D eigenvalue weighted by Crippen LogP contribution is -2.34. The second-order valence-corrected chi connectivity index (χ2v) is 9.41. The first-order valence-corrected chi connectivity index (χ1v) is 13.2. The van der Waals surface area contributed by atoms with Gasteiger partial charge in [0.2, 0.25) is 0 Å². The van der Waals surface area contributed by atoms with Crippen molar-refractivity contribution < 1.29 is 31.6 Å². The molecule has 2 aromatic carbocycles. The van der Waals surface area contributed by atoms with Gasteiger partial charge >= 0.3 is 6.18 Å². The third-order valence-electron chi connectivity index (χ3n) is 6.30. The molecule has 0 radical (unpaired) electrons. The van der Waals surface area contributed by atoms with E-state index in [2.05, 4.69) is 25.5 Å². The average Bonchev–Trinajstić information content (AvgIpc) is 3.62. The third-order valence-corrected chi connectivity index (χ3v) is 6.30. The Balaban J connectivity index is 1.54. The highest BCUT2D eigenvalue weighted by atomic mass is 19.4. The minimum absolute atomic E-state index is 0.0521. The van der Waals surface area contributed by atoms with Gasteiger partial charge < -0.3 is 14.6 Å². The monoisotopic (exact) mass is 582 g/mol. The number of carbonyl (C=O) groups is 1. The van der Waals surface area contributed by atoms with Crippen molar-refractivity contribution in [3.63, 3.8) is 0 Å². The number of aromatic nitrogens is 5. The molecule has 0 fully saturated rings. The highest BCUT2D eigenvalue weighted by Gasteiger charge is 2.36. The number of nitrogens with zero attached hydrogens (tertiary/aromatic N) is 5. The molecule has 1 N–H and O–H groups in total. The van der Waals surface area contributed by atoms with Crippen LogP contribution in [0.3, 0.4) is 0 Å². The van der Waals surface area contributed by atoms with Crippen molar-refractivity contribution in [2.45, 2.75) is 38.9 Å². The van der Waals surface area contributed by atoms with Gasteiger partial charge in [0.05, 0.1) is 30.1 Å². The molecule has 3 aromatic rings. The molecule has 0 saturated heterocycles. The van der Waals surface area contributed by atoms with E-state index in [-0.39, 0.29) is 40.8 Å². The molecule has 42 heavy (non-hydrogen) atoms. The fraction of sp³-hybridized carbons (Fsp3) is 0.276. The number of rotatable bonds is 10. The van der Waals surface area contributed by atoms with Crippen LogP contribution in [0.25, 0.3) is 34.0 Å². The predicted molar refractivity (Wildman–Crippen MR) is 144 cm³/mol. The van der Waals surface area contributed by atoms with Crippen molar-refractivity contribution in [1.29, 1.82) is 0 Å². The number of hydrogen-bond donors (Lipinski definition) is 1. The van der Waals surface area contributed by atoms with E-state index in [9.17, 15) is 22.4 Å². The van der Waals surface area contributed by atoms with Crippen molar-refractivity contribution in [3.05, 3.63) is 78.1 Å². The minimum atomic E-state index is -4.70. The fourth-order valence-electron chi connectivity index (χ4n) is 4.30. The second kappa shape index (κ2) is 12.0. The van der Waals surface area contributed by atoms with E-state index >= 15 is 0 Å². The van der Waals surface area contributed by atoms with Crippen LogP contribution in [-0.4, -0.2) is 44.0 Å². The van der Waals surface area contributed by atoms with Crippen LogP contribution >= 0.6 is 0 Å². The summed E-state index contributed by atoms with van der Waals surface area (Å²) in [6.45, 7) is 4.32. The topological polar surface area (TPSA) is 108 Å². The Hall–Kier alpha value is -4.81. The Bertz CT molecular complexity index is 1670. The molecule has 1 atom stereocenters. The normalized spacial score (nSPS) is 12.4. The maximum atomic E-state index is 14.3. The molecule has 1 amide bonds. The summed E-state index contributed by atoms with van der Waals surface area (Å²) in [5.41, 5.74) is -0.441. The quantitative estimate of drug-likeness (QED) is 0.197. The van der Waals surface area contributed by atoms with Crippen LogP contribution in [0.5, 0.6) is 5.75 Å². The van der Waals surface area contributed by atoms with Gasteiger partial charge in [-0.25, -0.2) is 14.4 Å². The summed E-state index contributed by atoms with van der Waals surface area (Å²) in [7, 11) is 0. The van der Waals surface area contributed by atoms with Crippen LogP contribution < -0.4 is 10.1 Å². The first kappa shape index (κ1) is 28.7. The molecule has 2 aliphatic heterocycles. The van der Waals surface area contributed by atoms with Crippen LogP contribution in [0.15, 0.2) is 65.4 Å². The third kappa shape index (κ3) is 5.94. The molecule has 3 heterocycles. The number of fused-ring (bicyclic) bond motifs is 1. The van der Waals surface area contributed by atoms with Crippen LogP contribution in [0.2, 0.25) is 0 Å². The second-order valence-electron chi connectivity index (χ2n) is 9.41. The van der Waals surface area contributed by atoms with Crippen molar-refractivity contribution >= 4 is 5.91 Å². The lowest BCUT2D eigenvalue weighted by atomic mass is 10.0. The number of alkyl halides is 3. The molecular weight excluding hydrogens is 556 g/mol. The molecule has 0 saturated carbocycles. The van der Waals surface area contributed by atoms with E-state index in [0.717, 1.165) is 6.07 Å². The molecule has 13 heteroatoms. The molecule has 0 spiro atoms. The molecule has 5 rings (SSSR count). The highest BCUT2D eigenvalue weighted by Crippen LogP contribution is 2.39. The Morgan fingerprint density at radius 3 is 2.55 bits per heavy atom. The Labute approximate surface area is 237 Å². The van der Waals surface area contributed by atoms with Gasteiger partial charge in [-0.3, -0.25) is 9.48 Å². The number of benzene rings is 2. The van der Waals surface area contributed by atoms with Gasteiger partial charge in [-0.2, -0.15) is 18.3 Å². The van der Waals surface area contributed by atoms with E-state index < -0.39 is 29.5 Å². The van der Waals surface area contributed by atoms with Gasteiger partial charge in [0.25, 0.3) is 5.91 Å². The lowest BCUT2D eigenvalue weighted by molar-refractivity contribution is -0.137. The molecule has 218 valence electrons. The van der Waals surface area contributed by atoms with Gasteiger partial charge in [-0.1, -0.05) is 31.1 Å². The van der Waals surface area contributed by atoms with Crippen LogP contribution in [0.4, 0.5) is 17.6 Å². The summed E-state index contributed by atoms with van der Waals surface area (Å²) >= 11 is 0. The standard InChI is InChI=1S/C29H26F4N6O3/c1-3-11-34-28(40)26(39-16-24-23(15-35-39)36-27(37-24)19-7-5-6-8-21(19)30)25-14-22(38-42-25)18-10-9-17(41-12-4-2)13-20(18)29(31,32)33/h5-10,13-16,26H,3-4,11-12H2,1-2H3,(H,34,40). The largest absolute Gasteiger partial charge is 0.494 e. The summed E-state index contributed by atoms with van der Waals surface area (Å²) in [4.78, 5) is 22.0. The lowest BCUT2D eigenvalue weighted by Gasteiger charge is -2.17. The molecule has 9 nitrogen and oxygen atoms in total. The van der Waals surface area contributed by atoms with E-state index in [0.29, 0.717) is 30.8 Å². The average molecular weight is 583 g/mol. The summed E-state index contributed by atoms with van der Waals surface area (Å²) in [6.07, 6.45) is -0.632. The zero-order chi connectivity index (χ0) is 29.9. The van der Waals surface area contributed by atoms with Gasteiger partial charge in [-0.15, -0.1) is 0 Å². The SMILES string of the molecule is CCCNC(=O)C(c1cc(-c2ccc(OCCC)cc2C(F)(F)F)no1)n1cc2nc(-c3ccccc3F)nc-2cn1. The first-order chi connectivity index (χ1) is 20.2. The van der Waals surface area contributed by atoms with Gasteiger partial charge in [-0.05, 0) is 43.2 Å². The van der Waals surface area contributed by atoms with Crippen molar-refractivity contribution in [1.82, 2.24) is 30.2 Å². The Morgan fingerprint density at radius 2 is 1.81 bits per heavy atom. The van der Waals surface area contributed by atoms with E-state index in [1.165, 1.54) is 41.3 Å². The maximum absolute atomic E-state index is 14.3. The molecule has 1 aromatic heterocycles. The summed E-state index contributed by atoms with van der Waals surface area (Å²) < 4.78 is 68.4. The fourth-order valence-corrected chi connectivity index (χ4v) is 4.30. The van der Waals surface area contributed by atoms with Crippen molar-refractivity contribution in [3.8, 4) is 39.8 Å². The van der Waals surface area contributed by atoms with Crippen LogP contribution in [0.1, 0.15) is 44.1 Å². The first-order valence-electron chi connectivity index (χ1n) is 13.2. The van der Waals surface area contributed by atoms with Crippen molar-refractivity contribution in [2.75, 3.05) is 13.2 Å². The molecule has 0 aliphatic carbocycles. The maximum Gasteiger partial charge on any atom is 0.417 e. The number of imidazole rings is 1. The number of nitrogens with one attached hydrogen (secondary N) is 1. The van der Waals surface area contributed by atoms with Gasteiger partial charge in [0.1, 0.15) is 28.6 Å². The van der Waals surface area contributed by atoms with Gasteiger partial charge in [0.15, 0.2) is 17.6 Å². The number of halogens is 4. The minimum Gasteiger partial charge on any atom is -0.494 e. The zero-order valence-electron chi connectivity index (χ0n) is 22.7. The highest BCUT2D eigenvalue weighted by molar-refractivity contribution is 5.83. The summed E-state index contributed by atoms with van der Waals surface area (Å²) in [5, 5.41) is 10.9. The van der Waals surface area contributed by atoms with Crippen LogP contribution in [0, 0.1) is 5.82 Å². The van der Waals surface area contributed by atoms with E-state index in [1.807, 2.05) is 13.8 Å². The van der Waals surface area contributed by atoms with Crippen LogP contribution in [-0.2, 0) is 11.0 Å². The molecule has 0 bridgehead atoms. The van der Waals surface area contributed by atoms with Crippen molar-refractivity contribution in [2.24, 2.45) is 0 Å². The Kier molecular flexibility index (Phi) is 8.18. The van der Waals surface area contributed by atoms with E-state index in [1.54, 1.807) is 18.2 Å². The summed E-state index contributed by atoms with van der Waals surface area (Å²) in [5.74, 6) is -0.856. The Morgan fingerprint density at radius 1 is 1.02 bits per heavy atom. The number of carbonyl (C=O) groups excluding carboxylic acids is 1.